The highest BCUT2D eigenvalue weighted by molar-refractivity contribution is 5.23. The summed E-state index contributed by atoms with van der Waals surface area (Å²) < 4.78 is 22.3. The zero-order chi connectivity index (χ0) is 17.8. The molecule has 0 aromatic carbocycles. The zero-order valence-electron chi connectivity index (χ0n) is 13.1. The summed E-state index contributed by atoms with van der Waals surface area (Å²) in [5, 5.41) is 28.1. The molecular weight excluding hydrogens is 335 g/mol. The quantitative estimate of drug-likeness (QED) is 0.627. The number of aromatic nitrogens is 5. The van der Waals surface area contributed by atoms with Crippen LogP contribution in [0.4, 0.5) is 10.2 Å². The van der Waals surface area contributed by atoms with E-state index in [-0.39, 0.29) is 11.7 Å². The fourth-order valence-corrected chi connectivity index (χ4v) is 3.00. The third kappa shape index (κ3) is 2.42. The van der Waals surface area contributed by atoms with Crippen molar-refractivity contribution in [2.75, 3.05) is 12.3 Å². The summed E-state index contributed by atoms with van der Waals surface area (Å²) in [6.07, 6.45) is -0.541. The molecule has 11 heteroatoms. The van der Waals surface area contributed by atoms with Crippen LogP contribution in [0.3, 0.4) is 0 Å². The standard InChI is InChI=1S/C14H17FN6O4/c15-10-11(23)14(6-22,21-5-8(18-19-21)7-1-2-7)25-12(10)20-4-3-9(16)17-13(20)24/h3-5,7,10-12,22-23H,1-2,6H2,(H2,16,17,24)/t10-,11-,12+,14+/m0/s1. The van der Waals surface area contributed by atoms with E-state index in [4.69, 9.17) is 10.5 Å². The molecule has 4 atom stereocenters. The second kappa shape index (κ2) is 5.58. The van der Waals surface area contributed by atoms with Crippen molar-refractivity contribution in [2.45, 2.75) is 43.0 Å². The number of nitrogen functional groups attached to an aromatic ring is 1. The molecule has 1 saturated heterocycles. The van der Waals surface area contributed by atoms with Crippen molar-refractivity contribution < 1.29 is 19.3 Å². The van der Waals surface area contributed by atoms with Gasteiger partial charge in [0.15, 0.2) is 12.4 Å². The fourth-order valence-electron chi connectivity index (χ4n) is 3.00. The highest BCUT2D eigenvalue weighted by atomic mass is 19.1. The number of aliphatic hydroxyl groups excluding tert-OH is 2. The molecule has 1 saturated carbocycles. The van der Waals surface area contributed by atoms with Gasteiger partial charge in [-0.3, -0.25) is 4.57 Å². The third-order valence-electron chi connectivity index (χ3n) is 4.61. The number of aliphatic hydroxyl groups is 2. The lowest BCUT2D eigenvalue weighted by atomic mass is 10.1. The van der Waals surface area contributed by atoms with E-state index in [1.165, 1.54) is 18.5 Å². The minimum atomic E-state index is -2.00. The van der Waals surface area contributed by atoms with Crippen LogP contribution in [0.5, 0.6) is 0 Å². The number of alkyl halides is 1. The van der Waals surface area contributed by atoms with Crippen molar-refractivity contribution in [2.24, 2.45) is 0 Å². The summed E-state index contributed by atoms with van der Waals surface area (Å²) in [5.74, 6) is 0.262. The average molecular weight is 352 g/mol. The van der Waals surface area contributed by atoms with Crippen molar-refractivity contribution in [3.63, 3.8) is 0 Å². The number of ether oxygens (including phenoxy) is 1. The predicted molar refractivity (Wildman–Crippen MR) is 81.0 cm³/mol. The topological polar surface area (TPSA) is 141 Å². The molecule has 2 aliphatic rings. The molecule has 2 aromatic heterocycles. The van der Waals surface area contributed by atoms with Gasteiger partial charge in [-0.15, -0.1) is 5.10 Å². The van der Waals surface area contributed by atoms with Crippen LogP contribution in [0.15, 0.2) is 23.3 Å². The number of hydrogen-bond acceptors (Lipinski definition) is 8. The molecule has 0 unspecified atom stereocenters. The first-order valence-electron chi connectivity index (χ1n) is 7.84. The summed E-state index contributed by atoms with van der Waals surface area (Å²) in [5.41, 5.74) is 3.40. The second-order valence-corrected chi connectivity index (χ2v) is 6.31. The van der Waals surface area contributed by atoms with Crippen molar-refractivity contribution in [1.82, 2.24) is 24.5 Å². The molecule has 134 valence electrons. The predicted octanol–water partition coefficient (Wildman–Crippen LogP) is -1.13. The van der Waals surface area contributed by atoms with E-state index >= 15 is 0 Å². The Kier molecular flexibility index (Phi) is 3.60. The van der Waals surface area contributed by atoms with Crippen LogP contribution in [0.2, 0.25) is 0 Å². The second-order valence-electron chi connectivity index (χ2n) is 6.31. The number of rotatable bonds is 4. The van der Waals surface area contributed by atoms with Crippen LogP contribution in [0.25, 0.3) is 0 Å². The summed E-state index contributed by atoms with van der Waals surface area (Å²) in [7, 11) is 0. The van der Waals surface area contributed by atoms with Gasteiger partial charge in [0, 0.05) is 12.1 Å². The Morgan fingerprint density at radius 2 is 2.24 bits per heavy atom. The van der Waals surface area contributed by atoms with Gasteiger partial charge < -0.3 is 20.7 Å². The molecule has 0 radical (unpaired) electrons. The smallest absolute Gasteiger partial charge is 0.351 e. The number of nitrogens with zero attached hydrogens (tertiary/aromatic N) is 5. The van der Waals surface area contributed by atoms with Gasteiger partial charge in [0.25, 0.3) is 0 Å². The van der Waals surface area contributed by atoms with Crippen molar-refractivity contribution in [3.05, 3.63) is 34.6 Å². The molecule has 0 amide bonds. The van der Waals surface area contributed by atoms with Crippen LogP contribution in [0, 0.1) is 0 Å². The highest BCUT2D eigenvalue weighted by Gasteiger charge is 2.58. The molecule has 25 heavy (non-hydrogen) atoms. The van der Waals surface area contributed by atoms with Gasteiger partial charge in [-0.25, -0.2) is 13.9 Å². The van der Waals surface area contributed by atoms with E-state index in [1.807, 2.05) is 0 Å². The largest absolute Gasteiger partial charge is 0.391 e. The number of hydrogen-bond donors (Lipinski definition) is 3. The normalized spacial score (nSPS) is 32.2. The van der Waals surface area contributed by atoms with E-state index in [9.17, 15) is 19.4 Å². The minimum absolute atomic E-state index is 0.0195. The van der Waals surface area contributed by atoms with Gasteiger partial charge in [0.2, 0.25) is 5.72 Å². The van der Waals surface area contributed by atoms with Crippen LogP contribution >= 0.6 is 0 Å². The van der Waals surface area contributed by atoms with Gasteiger partial charge in [-0.1, -0.05) is 5.21 Å². The number of anilines is 1. The average Bonchev–Trinajstić information content (AvgIpc) is 3.27. The Balaban J connectivity index is 1.72. The molecule has 1 aliphatic carbocycles. The molecule has 3 heterocycles. The van der Waals surface area contributed by atoms with Crippen molar-refractivity contribution in [3.8, 4) is 0 Å². The maximum atomic E-state index is 14.7. The zero-order valence-corrected chi connectivity index (χ0v) is 13.1. The lowest BCUT2D eigenvalue weighted by Gasteiger charge is -2.29. The van der Waals surface area contributed by atoms with E-state index in [0.29, 0.717) is 5.69 Å². The van der Waals surface area contributed by atoms with Gasteiger partial charge >= 0.3 is 5.69 Å². The molecular formula is C14H17FN6O4. The monoisotopic (exact) mass is 352 g/mol. The van der Waals surface area contributed by atoms with Gasteiger partial charge in [-0.05, 0) is 18.9 Å². The number of halogens is 1. The van der Waals surface area contributed by atoms with Crippen LogP contribution in [-0.4, -0.2) is 53.6 Å². The Hall–Kier alpha value is -2.37. The van der Waals surface area contributed by atoms with Gasteiger partial charge in [0.1, 0.15) is 11.9 Å². The lowest BCUT2D eigenvalue weighted by molar-refractivity contribution is -0.187. The Bertz CT molecular complexity index is 852. The Labute approximate surface area is 140 Å². The third-order valence-corrected chi connectivity index (χ3v) is 4.61. The SMILES string of the molecule is Nc1ccn([C@@H]2O[C@@](CO)(n3cc(C4CC4)nn3)[C@@H](O)[C@@H]2F)c(=O)n1. The molecule has 10 nitrogen and oxygen atoms in total. The molecule has 1 aliphatic heterocycles. The fraction of sp³-hybridized carbons (Fsp3) is 0.571. The Morgan fingerprint density at radius 3 is 2.88 bits per heavy atom. The minimum Gasteiger partial charge on any atom is -0.391 e. The maximum absolute atomic E-state index is 14.7. The first-order valence-corrected chi connectivity index (χ1v) is 7.84. The van der Waals surface area contributed by atoms with Gasteiger partial charge in [-0.2, -0.15) is 4.98 Å². The Morgan fingerprint density at radius 1 is 1.48 bits per heavy atom. The van der Waals surface area contributed by atoms with E-state index < -0.39 is 36.5 Å². The molecule has 2 aromatic rings. The van der Waals surface area contributed by atoms with Crippen LogP contribution < -0.4 is 11.4 Å². The molecule has 0 bridgehead atoms. The summed E-state index contributed by atoms with van der Waals surface area (Å²) in [6, 6.07) is 1.31. The van der Waals surface area contributed by atoms with Crippen molar-refractivity contribution >= 4 is 5.82 Å². The summed E-state index contributed by atoms with van der Waals surface area (Å²) in [4.78, 5) is 15.5. The first kappa shape index (κ1) is 16.1. The summed E-state index contributed by atoms with van der Waals surface area (Å²) >= 11 is 0. The molecule has 4 N–H and O–H groups in total. The van der Waals surface area contributed by atoms with E-state index in [0.717, 1.165) is 22.1 Å². The van der Waals surface area contributed by atoms with Crippen LogP contribution in [0.1, 0.15) is 30.7 Å². The highest BCUT2D eigenvalue weighted by Crippen LogP contribution is 2.43. The molecule has 2 fully saturated rings. The van der Waals surface area contributed by atoms with E-state index in [1.54, 1.807) is 0 Å². The first-order chi connectivity index (χ1) is 12.0. The maximum Gasteiger partial charge on any atom is 0.351 e. The molecule has 4 rings (SSSR count). The summed E-state index contributed by atoms with van der Waals surface area (Å²) in [6.45, 7) is -0.754. The van der Waals surface area contributed by atoms with Crippen LogP contribution in [-0.2, 0) is 10.5 Å². The van der Waals surface area contributed by atoms with Crippen molar-refractivity contribution in [1.29, 1.82) is 0 Å². The van der Waals surface area contributed by atoms with E-state index in [2.05, 4.69) is 15.3 Å². The van der Waals surface area contributed by atoms with Gasteiger partial charge in [0.05, 0.1) is 18.5 Å². The number of nitrogens with two attached hydrogens (primary N) is 1. The lowest BCUT2D eigenvalue weighted by Crippen LogP contribution is -2.48. The molecule has 0 spiro atoms.